The van der Waals surface area contributed by atoms with Crippen LogP contribution >= 0.6 is 0 Å². The van der Waals surface area contributed by atoms with Gasteiger partial charge in [-0.1, -0.05) is 0 Å². The van der Waals surface area contributed by atoms with E-state index in [4.69, 9.17) is 0 Å². The predicted molar refractivity (Wildman–Crippen MR) is 218 cm³/mol. The molecule has 0 radical (unpaired) electrons. The van der Waals surface area contributed by atoms with Gasteiger partial charge in [0, 0.05) is 0 Å². The quantitative estimate of drug-likeness (QED) is 0.0616. The van der Waals surface area contributed by atoms with E-state index in [1.165, 1.54) is 0 Å². The third-order valence-corrected chi connectivity index (χ3v) is 13.4. The van der Waals surface area contributed by atoms with E-state index in [2.05, 4.69) is 0 Å². The molecular weight excluding hydrogens is 1460 g/mol. The van der Waals surface area contributed by atoms with Gasteiger partial charge in [-0.2, -0.15) is 0 Å². The maximum Gasteiger partial charge on any atom is 2.00 e. The van der Waals surface area contributed by atoms with Gasteiger partial charge in [-0.3, -0.25) is 0 Å². The summed E-state index contributed by atoms with van der Waals surface area (Å²) in [6, 6.07) is 0. The Morgan fingerprint density at radius 3 is 0.187 bits per heavy atom. The molecular formula is C48B2F40Pd. The molecule has 0 spiro atoms. The molecule has 0 fully saturated rings. The van der Waals surface area contributed by atoms with E-state index in [9.17, 15) is 105 Å². The van der Waals surface area contributed by atoms with Crippen LogP contribution in [0.2, 0.25) is 0 Å². The standard InChI is InChI=1S/2C24BF20.Pd/c2*26-5-1(6(27)14(35)21(42)13(5)34)25(2-7(28)15(36)22(43)16(37)8(2)29,3-9(30)17(38)23(44)18(39)10(3)31)4-11(32)19(40)24(45)20(41)12(4)33;/q2*-1;+2. The van der Waals surface area contributed by atoms with Crippen molar-refractivity contribution in [3.05, 3.63) is 233 Å². The van der Waals surface area contributed by atoms with Crippen LogP contribution in [0.4, 0.5) is 176 Å². The molecule has 0 N–H and O–H groups in total. The van der Waals surface area contributed by atoms with E-state index >= 15 is 70.2 Å². The van der Waals surface area contributed by atoms with Crippen LogP contribution in [0.3, 0.4) is 0 Å². The average molecular weight is 1460 g/mol. The average Bonchev–Trinajstić information content (AvgIpc) is 0.690. The Labute approximate surface area is 484 Å². The second-order valence-corrected chi connectivity index (χ2v) is 17.6. The first-order valence-corrected chi connectivity index (χ1v) is 21.9. The van der Waals surface area contributed by atoms with Crippen LogP contribution in [0.5, 0.6) is 0 Å². The van der Waals surface area contributed by atoms with Crippen molar-refractivity contribution in [1.82, 2.24) is 0 Å². The molecule has 0 aliphatic heterocycles. The van der Waals surface area contributed by atoms with Crippen molar-refractivity contribution in [1.29, 1.82) is 0 Å². The molecule has 43 heteroatoms. The fourth-order valence-electron chi connectivity index (χ4n) is 9.75. The first-order valence-electron chi connectivity index (χ1n) is 21.9. The number of hydrogen-bond acceptors (Lipinski definition) is 0. The Balaban J connectivity index is 0.000000286. The molecule has 0 atom stereocenters. The molecule has 0 aliphatic rings. The van der Waals surface area contributed by atoms with Crippen molar-refractivity contribution in [3.63, 3.8) is 0 Å². The van der Waals surface area contributed by atoms with Gasteiger partial charge >= 0.3 is 20.4 Å². The van der Waals surface area contributed by atoms with Crippen molar-refractivity contribution >= 4 is 56.0 Å². The predicted octanol–water partition coefficient (Wildman–Crippen LogP) is 11.7. The summed E-state index contributed by atoms with van der Waals surface area (Å²) in [6.07, 6.45) is -14.4. The molecule has 0 heterocycles. The summed E-state index contributed by atoms with van der Waals surface area (Å²) < 4.78 is 588. The van der Waals surface area contributed by atoms with Gasteiger partial charge < -0.3 is 0 Å². The molecule has 0 nitrogen and oxygen atoms in total. The molecule has 91 heavy (non-hydrogen) atoms. The summed E-state index contributed by atoms with van der Waals surface area (Å²) in [4.78, 5) is 0. The molecule has 8 aromatic rings. The Morgan fingerprint density at radius 1 is 0.0879 bits per heavy atom. The third kappa shape index (κ3) is 9.68. The number of benzene rings is 8. The zero-order chi connectivity index (χ0) is 68.7. The van der Waals surface area contributed by atoms with E-state index in [0.29, 0.717) is 0 Å². The summed E-state index contributed by atoms with van der Waals surface area (Å²) >= 11 is 0. The second kappa shape index (κ2) is 24.4. The monoisotopic (exact) mass is 1460 g/mol. The minimum Gasteiger partial charge on any atom is -0.207 e. The number of hydrogen-bond donors (Lipinski definition) is 0. The van der Waals surface area contributed by atoms with Crippen LogP contribution < -0.4 is 43.7 Å². The van der Waals surface area contributed by atoms with Crippen LogP contribution in [0.15, 0.2) is 0 Å². The maximum atomic E-state index is 15.4. The molecule has 8 aromatic carbocycles. The van der Waals surface area contributed by atoms with Crippen LogP contribution in [0, 0.1) is 233 Å². The van der Waals surface area contributed by atoms with Crippen molar-refractivity contribution in [2.24, 2.45) is 0 Å². The summed E-state index contributed by atoms with van der Waals surface area (Å²) in [7, 11) is 0. The fraction of sp³-hybridized carbons (Fsp3) is 0. The van der Waals surface area contributed by atoms with E-state index < -0.39 is 289 Å². The Morgan fingerprint density at radius 2 is 0.132 bits per heavy atom. The molecule has 0 bridgehead atoms. The molecule has 488 valence electrons. The SMILES string of the molecule is Fc1c(F)c(F)c([B-](c2c(F)c(F)c(F)c(F)c2F)(c2c(F)c(F)c(F)c(F)c2F)c2c(F)c(F)c(F)c(F)c2F)c(F)c1F.Fc1c(F)c(F)c([B-](c2c(F)c(F)c(F)c(F)c2F)(c2c(F)c(F)c(F)c(F)c2F)c2c(F)c(F)c(F)c(F)c2F)c(F)c1F.[Pd+2]. The number of rotatable bonds is 8. The van der Waals surface area contributed by atoms with Gasteiger partial charge in [0.2, 0.25) is 0 Å². The first kappa shape index (κ1) is 71.8. The van der Waals surface area contributed by atoms with Crippen molar-refractivity contribution in [2.75, 3.05) is 0 Å². The smallest absolute Gasteiger partial charge is 0.207 e. The zero-order valence-electron chi connectivity index (χ0n) is 40.6. The van der Waals surface area contributed by atoms with E-state index in [-0.39, 0.29) is 20.4 Å². The molecule has 8 rings (SSSR count). The third-order valence-electron chi connectivity index (χ3n) is 13.4. The number of halogens is 40. The Hall–Kier alpha value is -8.25. The molecule has 0 amide bonds. The van der Waals surface area contributed by atoms with Gasteiger partial charge in [0.25, 0.3) is 0 Å². The van der Waals surface area contributed by atoms with Crippen LogP contribution in [0.25, 0.3) is 0 Å². The minimum absolute atomic E-state index is 0. The normalized spacial score (nSPS) is 11.9. The van der Waals surface area contributed by atoms with Crippen LogP contribution in [0.1, 0.15) is 0 Å². The van der Waals surface area contributed by atoms with Crippen LogP contribution in [-0.4, -0.2) is 12.3 Å². The summed E-state index contributed by atoms with van der Waals surface area (Å²) in [5, 5.41) is 0. The van der Waals surface area contributed by atoms with Gasteiger partial charge in [0.15, 0.2) is 140 Å². The van der Waals surface area contributed by atoms with Gasteiger partial charge in [-0.05, 0) is 0 Å². The molecule has 0 aromatic heterocycles. The van der Waals surface area contributed by atoms with Gasteiger partial charge in [0.1, 0.15) is 105 Å². The van der Waals surface area contributed by atoms with Crippen molar-refractivity contribution in [2.45, 2.75) is 0 Å². The van der Waals surface area contributed by atoms with Gasteiger partial charge in [0.05, 0.1) is 0 Å². The van der Waals surface area contributed by atoms with Gasteiger partial charge in [-0.15, -0.1) is 43.7 Å². The topological polar surface area (TPSA) is 0 Å². The summed E-state index contributed by atoms with van der Waals surface area (Å²) in [5.74, 6) is -143. The first-order chi connectivity index (χ1) is 41.4. The second-order valence-electron chi connectivity index (χ2n) is 17.6. The van der Waals surface area contributed by atoms with Gasteiger partial charge in [-0.25, -0.2) is 176 Å². The Kier molecular flexibility index (Phi) is 19.3. The Bertz CT molecular complexity index is 3430. The fourth-order valence-corrected chi connectivity index (χ4v) is 9.75. The van der Waals surface area contributed by atoms with E-state index in [1.54, 1.807) is 0 Å². The summed E-state index contributed by atoms with van der Waals surface area (Å²) in [6.45, 7) is 0. The molecule has 0 saturated carbocycles. The van der Waals surface area contributed by atoms with E-state index in [1.807, 2.05) is 0 Å². The summed E-state index contributed by atoms with van der Waals surface area (Å²) in [5.41, 5.74) is -28.7. The molecule has 0 aliphatic carbocycles. The van der Waals surface area contributed by atoms with Crippen molar-refractivity contribution < 1.29 is 196 Å². The van der Waals surface area contributed by atoms with Crippen LogP contribution in [-0.2, 0) is 20.4 Å². The molecule has 0 unspecified atom stereocenters. The van der Waals surface area contributed by atoms with E-state index in [0.717, 1.165) is 0 Å². The maximum absolute atomic E-state index is 15.4. The minimum atomic E-state index is -7.22. The van der Waals surface area contributed by atoms with Crippen molar-refractivity contribution in [3.8, 4) is 0 Å². The molecule has 0 saturated heterocycles. The largest absolute Gasteiger partial charge is 2.00 e. The zero-order valence-corrected chi connectivity index (χ0v) is 42.1.